The number of carbonyl (C=O) groups is 2. The minimum Gasteiger partial charge on any atom is -0.466 e. The smallest absolute Gasteiger partial charge is 0.303 e. The van der Waals surface area contributed by atoms with E-state index in [1.54, 1.807) is 6.92 Å². The summed E-state index contributed by atoms with van der Waals surface area (Å²) in [5.41, 5.74) is 0.629. The maximum absolute atomic E-state index is 11.5. The van der Waals surface area contributed by atoms with Gasteiger partial charge in [0.05, 0.1) is 6.61 Å². The van der Waals surface area contributed by atoms with Gasteiger partial charge in [-0.25, -0.2) is 0 Å². The molecule has 1 spiro atoms. The molecular formula is C27H48O4. The van der Waals surface area contributed by atoms with Crippen LogP contribution in [0.25, 0.3) is 0 Å². The average Bonchev–Trinajstić information content (AvgIpc) is 3.09. The summed E-state index contributed by atoms with van der Waals surface area (Å²) in [6.45, 7) is 15.3. The highest BCUT2D eigenvalue weighted by Gasteiger charge is 2.68. The van der Waals surface area contributed by atoms with Gasteiger partial charge in [0.15, 0.2) is 0 Å². The summed E-state index contributed by atoms with van der Waals surface area (Å²) in [4.78, 5) is 21.8. The molecule has 3 fully saturated rings. The Balaban J connectivity index is 0.000000248. The molecule has 0 N–H and O–H groups in total. The molecule has 0 aromatic heterocycles. The third-order valence-electron chi connectivity index (χ3n) is 8.95. The van der Waals surface area contributed by atoms with Crippen LogP contribution >= 0.6 is 0 Å². The van der Waals surface area contributed by atoms with Gasteiger partial charge in [-0.15, -0.1) is 0 Å². The molecular weight excluding hydrogens is 388 g/mol. The van der Waals surface area contributed by atoms with Gasteiger partial charge in [0, 0.05) is 19.8 Å². The van der Waals surface area contributed by atoms with E-state index in [0.717, 1.165) is 24.7 Å². The van der Waals surface area contributed by atoms with Crippen molar-refractivity contribution in [1.82, 2.24) is 0 Å². The van der Waals surface area contributed by atoms with Gasteiger partial charge >= 0.3 is 11.9 Å². The highest BCUT2D eigenvalue weighted by molar-refractivity contribution is 5.66. The Morgan fingerprint density at radius 2 is 1.52 bits per heavy atom. The van der Waals surface area contributed by atoms with Crippen molar-refractivity contribution in [3.05, 3.63) is 0 Å². The predicted molar refractivity (Wildman–Crippen MR) is 126 cm³/mol. The summed E-state index contributed by atoms with van der Waals surface area (Å²) in [6.07, 6.45) is 13.8. The first-order valence-electron chi connectivity index (χ1n) is 12.8. The zero-order valence-corrected chi connectivity index (χ0v) is 21.4. The summed E-state index contributed by atoms with van der Waals surface area (Å²) in [5, 5.41) is 0. The van der Waals surface area contributed by atoms with Crippen LogP contribution in [0.5, 0.6) is 0 Å². The number of carbonyl (C=O) groups excluding carboxylic acids is 2. The fourth-order valence-corrected chi connectivity index (χ4v) is 7.41. The molecule has 0 aromatic carbocycles. The number of hydrogen-bond acceptors (Lipinski definition) is 4. The van der Waals surface area contributed by atoms with E-state index in [-0.39, 0.29) is 17.5 Å². The lowest BCUT2D eigenvalue weighted by Gasteiger charge is -2.46. The highest BCUT2D eigenvalue weighted by Crippen LogP contribution is 2.73. The van der Waals surface area contributed by atoms with E-state index in [4.69, 9.17) is 9.47 Å². The molecule has 0 aliphatic heterocycles. The van der Waals surface area contributed by atoms with Gasteiger partial charge in [0.25, 0.3) is 0 Å². The van der Waals surface area contributed by atoms with Crippen LogP contribution in [0.2, 0.25) is 0 Å². The molecule has 0 heterocycles. The van der Waals surface area contributed by atoms with E-state index in [1.807, 2.05) is 0 Å². The summed E-state index contributed by atoms with van der Waals surface area (Å²) in [5.74, 6) is 1.94. The van der Waals surface area contributed by atoms with Crippen LogP contribution < -0.4 is 0 Å². The molecule has 0 amide bonds. The Labute approximate surface area is 191 Å². The first-order valence-corrected chi connectivity index (χ1v) is 12.8. The van der Waals surface area contributed by atoms with Gasteiger partial charge in [0.2, 0.25) is 0 Å². The predicted octanol–water partition coefficient (Wildman–Crippen LogP) is 7.09. The van der Waals surface area contributed by atoms with Crippen molar-refractivity contribution >= 4 is 11.9 Å². The van der Waals surface area contributed by atoms with Crippen molar-refractivity contribution in [1.29, 1.82) is 0 Å². The molecule has 3 aliphatic carbocycles. The molecule has 2 bridgehead atoms. The third kappa shape index (κ3) is 5.85. The van der Waals surface area contributed by atoms with E-state index in [2.05, 4.69) is 34.6 Å². The first-order chi connectivity index (χ1) is 14.5. The monoisotopic (exact) mass is 436 g/mol. The lowest BCUT2D eigenvalue weighted by molar-refractivity contribution is -0.171. The molecule has 4 nitrogen and oxygen atoms in total. The second-order valence-corrected chi connectivity index (χ2v) is 11.4. The van der Waals surface area contributed by atoms with Crippen LogP contribution in [0.3, 0.4) is 0 Å². The Hall–Kier alpha value is -1.06. The van der Waals surface area contributed by atoms with Crippen molar-refractivity contribution in [2.45, 2.75) is 125 Å². The standard InChI is InChI=1S/C17H28O2.C10H20O2/c1-11-6-7-13-15(3,4)14-10-17(11,13)9-8-16(14,5)19-12(2)18;1-3-4-5-6-7-8-9-12-10(2)11/h11,13-14H,6-10H2,1-5H3;3-9H2,1-2H3/t11-,13+,14?,16?,17?;/m1./s1. The SMILES string of the molecule is CC(=O)OC1(C)CCC23CC1C(C)(C)[C@@H]2CC[C@H]3C.CCCCCCCCOC(C)=O. The van der Waals surface area contributed by atoms with Crippen LogP contribution in [0, 0.1) is 28.6 Å². The molecule has 4 heteroatoms. The van der Waals surface area contributed by atoms with Crippen molar-refractivity contribution in [3.8, 4) is 0 Å². The summed E-state index contributed by atoms with van der Waals surface area (Å²) < 4.78 is 10.6. The lowest BCUT2D eigenvalue weighted by Crippen LogP contribution is -2.47. The minimum absolute atomic E-state index is 0.112. The van der Waals surface area contributed by atoms with E-state index in [9.17, 15) is 9.59 Å². The second-order valence-electron chi connectivity index (χ2n) is 11.4. The van der Waals surface area contributed by atoms with Crippen LogP contribution in [0.1, 0.15) is 119 Å². The normalized spacial score (nSPS) is 35.0. The molecule has 3 unspecified atom stereocenters. The van der Waals surface area contributed by atoms with Crippen LogP contribution in [-0.2, 0) is 19.1 Å². The topological polar surface area (TPSA) is 52.6 Å². The van der Waals surface area contributed by atoms with E-state index in [1.165, 1.54) is 64.7 Å². The van der Waals surface area contributed by atoms with Crippen molar-refractivity contribution in [3.63, 3.8) is 0 Å². The zero-order valence-electron chi connectivity index (χ0n) is 21.4. The quantitative estimate of drug-likeness (QED) is 0.301. The number of hydrogen-bond donors (Lipinski definition) is 0. The maximum atomic E-state index is 11.5. The zero-order chi connectivity index (χ0) is 23.3. The molecule has 0 aromatic rings. The highest BCUT2D eigenvalue weighted by atomic mass is 16.6. The Morgan fingerprint density at radius 3 is 2.13 bits per heavy atom. The molecule has 0 saturated heterocycles. The number of rotatable bonds is 8. The fourth-order valence-electron chi connectivity index (χ4n) is 7.41. The van der Waals surface area contributed by atoms with E-state index in [0.29, 0.717) is 23.4 Å². The van der Waals surface area contributed by atoms with Gasteiger partial charge in [-0.3, -0.25) is 9.59 Å². The largest absolute Gasteiger partial charge is 0.466 e. The molecule has 31 heavy (non-hydrogen) atoms. The van der Waals surface area contributed by atoms with Crippen molar-refractivity contribution < 1.29 is 19.1 Å². The van der Waals surface area contributed by atoms with E-state index >= 15 is 0 Å². The van der Waals surface area contributed by atoms with Crippen molar-refractivity contribution in [2.24, 2.45) is 28.6 Å². The maximum Gasteiger partial charge on any atom is 0.303 e. The Bertz CT molecular complexity index is 612. The van der Waals surface area contributed by atoms with Gasteiger partial charge < -0.3 is 9.47 Å². The number of ether oxygens (including phenoxy) is 2. The van der Waals surface area contributed by atoms with E-state index < -0.39 is 0 Å². The lowest BCUT2D eigenvalue weighted by atomic mass is 9.64. The minimum atomic E-state index is -0.232. The van der Waals surface area contributed by atoms with Crippen LogP contribution in [-0.4, -0.2) is 24.1 Å². The average molecular weight is 437 g/mol. The van der Waals surface area contributed by atoms with Gasteiger partial charge in [-0.1, -0.05) is 59.8 Å². The first kappa shape index (κ1) is 26.2. The number of fused-ring (bicyclic) bond motifs is 1. The fraction of sp³-hybridized carbons (Fsp3) is 0.926. The van der Waals surface area contributed by atoms with Crippen molar-refractivity contribution in [2.75, 3.05) is 6.61 Å². The Morgan fingerprint density at radius 1 is 0.871 bits per heavy atom. The Kier molecular flexibility index (Phi) is 9.05. The summed E-state index contributed by atoms with van der Waals surface area (Å²) in [7, 11) is 0. The second kappa shape index (κ2) is 10.7. The molecule has 3 aliphatic rings. The molecule has 5 atom stereocenters. The van der Waals surface area contributed by atoms with Crippen LogP contribution in [0.15, 0.2) is 0 Å². The number of esters is 2. The number of unbranched alkanes of at least 4 members (excludes halogenated alkanes) is 5. The molecule has 0 radical (unpaired) electrons. The van der Waals surface area contributed by atoms with Gasteiger partial charge in [-0.2, -0.15) is 0 Å². The summed E-state index contributed by atoms with van der Waals surface area (Å²) >= 11 is 0. The van der Waals surface area contributed by atoms with Gasteiger partial charge in [-0.05, 0) is 68.1 Å². The third-order valence-corrected chi connectivity index (χ3v) is 8.95. The van der Waals surface area contributed by atoms with Crippen LogP contribution in [0.4, 0.5) is 0 Å². The molecule has 180 valence electrons. The molecule has 3 rings (SSSR count). The molecule has 3 saturated carbocycles. The summed E-state index contributed by atoms with van der Waals surface area (Å²) in [6, 6.07) is 0. The van der Waals surface area contributed by atoms with Gasteiger partial charge in [0.1, 0.15) is 5.60 Å².